The Morgan fingerprint density at radius 1 is 1.30 bits per heavy atom. The van der Waals surface area contributed by atoms with Gasteiger partial charge in [-0.15, -0.1) is 24.0 Å². The summed E-state index contributed by atoms with van der Waals surface area (Å²) in [4.78, 5) is 9.13. The molecule has 1 N–H and O–H groups in total. The van der Waals surface area contributed by atoms with E-state index in [2.05, 4.69) is 46.2 Å². The van der Waals surface area contributed by atoms with Gasteiger partial charge in [-0.3, -0.25) is 9.89 Å². The van der Waals surface area contributed by atoms with Crippen molar-refractivity contribution in [3.63, 3.8) is 0 Å². The van der Waals surface area contributed by atoms with Gasteiger partial charge in [0.25, 0.3) is 0 Å². The van der Waals surface area contributed by atoms with Crippen molar-refractivity contribution in [3.8, 4) is 5.75 Å². The van der Waals surface area contributed by atoms with Gasteiger partial charge in [-0.2, -0.15) is 0 Å². The molecule has 7 heteroatoms. The Hall–Kier alpha value is -1.06. The van der Waals surface area contributed by atoms with E-state index < -0.39 is 0 Å². The second-order valence-electron chi connectivity index (χ2n) is 6.64. The molecular weight excluding hydrogens is 455 g/mol. The molecule has 1 aromatic carbocycles. The molecule has 0 aromatic heterocycles. The minimum Gasteiger partial charge on any atom is -0.497 e. The smallest absolute Gasteiger partial charge is 0.193 e. The fourth-order valence-electron chi connectivity index (χ4n) is 3.25. The van der Waals surface area contributed by atoms with Gasteiger partial charge in [0.15, 0.2) is 5.96 Å². The molecule has 1 heterocycles. The van der Waals surface area contributed by atoms with Crippen molar-refractivity contribution in [2.45, 2.75) is 25.8 Å². The summed E-state index contributed by atoms with van der Waals surface area (Å²) in [6, 6.07) is 8.66. The zero-order chi connectivity index (χ0) is 18.8. The van der Waals surface area contributed by atoms with Crippen LogP contribution in [0, 0.1) is 0 Å². The van der Waals surface area contributed by atoms with E-state index in [4.69, 9.17) is 9.47 Å². The Kier molecular flexibility index (Phi) is 11.7. The van der Waals surface area contributed by atoms with Gasteiger partial charge in [-0.1, -0.05) is 25.5 Å². The van der Waals surface area contributed by atoms with Gasteiger partial charge in [0.05, 0.1) is 26.4 Å². The number of unbranched alkanes of at least 4 members (excludes halogenated alkanes) is 1. The van der Waals surface area contributed by atoms with Crippen LogP contribution in [0.15, 0.2) is 29.3 Å². The van der Waals surface area contributed by atoms with Crippen LogP contribution in [0.1, 0.15) is 31.4 Å². The van der Waals surface area contributed by atoms with Gasteiger partial charge >= 0.3 is 0 Å². The van der Waals surface area contributed by atoms with Crippen LogP contribution in [0.4, 0.5) is 0 Å². The highest BCUT2D eigenvalue weighted by Crippen LogP contribution is 2.23. The first-order chi connectivity index (χ1) is 12.7. The van der Waals surface area contributed by atoms with E-state index in [1.807, 2.05) is 19.2 Å². The van der Waals surface area contributed by atoms with Gasteiger partial charge in [0, 0.05) is 40.3 Å². The number of guanidine groups is 1. The molecular formula is C20H35IN4O2. The second-order valence-corrected chi connectivity index (χ2v) is 6.64. The number of ether oxygens (including phenoxy) is 2. The number of hydrogen-bond acceptors (Lipinski definition) is 4. The summed E-state index contributed by atoms with van der Waals surface area (Å²) in [6.07, 6.45) is 2.35. The number of halogens is 1. The lowest BCUT2D eigenvalue weighted by molar-refractivity contribution is 0.0169. The fraction of sp³-hybridized carbons (Fsp3) is 0.650. The maximum absolute atomic E-state index is 5.54. The van der Waals surface area contributed by atoms with E-state index in [-0.39, 0.29) is 30.0 Å². The molecule has 1 unspecified atom stereocenters. The van der Waals surface area contributed by atoms with Crippen LogP contribution in [0.25, 0.3) is 0 Å². The first-order valence-corrected chi connectivity index (χ1v) is 9.57. The van der Waals surface area contributed by atoms with Crippen LogP contribution in [0.3, 0.4) is 0 Å². The highest BCUT2D eigenvalue weighted by molar-refractivity contribution is 14.0. The van der Waals surface area contributed by atoms with Crippen molar-refractivity contribution in [1.82, 2.24) is 15.1 Å². The minimum atomic E-state index is 0. The van der Waals surface area contributed by atoms with Crippen molar-refractivity contribution in [1.29, 1.82) is 0 Å². The van der Waals surface area contributed by atoms with Crippen molar-refractivity contribution >= 4 is 29.9 Å². The molecule has 1 fully saturated rings. The molecule has 0 radical (unpaired) electrons. The predicted molar refractivity (Wildman–Crippen MR) is 122 cm³/mol. The third-order valence-electron chi connectivity index (χ3n) is 4.86. The quantitative estimate of drug-likeness (QED) is 0.345. The summed E-state index contributed by atoms with van der Waals surface area (Å²) in [7, 11) is 5.65. The number of hydrogen-bond donors (Lipinski definition) is 1. The maximum atomic E-state index is 5.54. The van der Waals surface area contributed by atoms with Crippen molar-refractivity contribution in [2.24, 2.45) is 4.99 Å². The van der Waals surface area contributed by atoms with Crippen LogP contribution < -0.4 is 10.1 Å². The molecule has 2 rings (SSSR count). The van der Waals surface area contributed by atoms with Crippen LogP contribution >= 0.6 is 24.0 Å². The molecule has 0 amide bonds. The number of methoxy groups -OCH3 is 1. The van der Waals surface area contributed by atoms with E-state index in [0.717, 1.165) is 51.1 Å². The molecule has 27 heavy (non-hydrogen) atoms. The van der Waals surface area contributed by atoms with Crippen LogP contribution in [-0.4, -0.2) is 76.4 Å². The van der Waals surface area contributed by atoms with Gasteiger partial charge in [-0.25, -0.2) is 0 Å². The van der Waals surface area contributed by atoms with Gasteiger partial charge in [0.1, 0.15) is 5.75 Å². The Labute approximate surface area is 181 Å². The number of aliphatic imine (C=N–C) groups is 1. The van der Waals surface area contributed by atoms with Crippen molar-refractivity contribution in [2.75, 3.05) is 60.6 Å². The predicted octanol–water partition coefficient (Wildman–Crippen LogP) is 2.99. The van der Waals surface area contributed by atoms with Crippen molar-refractivity contribution in [3.05, 3.63) is 29.8 Å². The van der Waals surface area contributed by atoms with E-state index in [1.54, 1.807) is 7.11 Å². The molecule has 1 saturated heterocycles. The topological polar surface area (TPSA) is 49.3 Å². The van der Waals surface area contributed by atoms with E-state index >= 15 is 0 Å². The maximum Gasteiger partial charge on any atom is 0.193 e. The molecule has 0 aliphatic carbocycles. The molecule has 1 aliphatic rings. The Bertz CT molecular complexity index is 547. The summed E-state index contributed by atoms with van der Waals surface area (Å²) in [5.41, 5.74) is 1.28. The Balaban J connectivity index is 0.00000364. The summed E-state index contributed by atoms with van der Waals surface area (Å²) in [5.74, 6) is 1.84. The lowest BCUT2D eigenvalue weighted by atomic mass is 10.0. The molecule has 1 aliphatic heterocycles. The Morgan fingerprint density at radius 3 is 2.52 bits per heavy atom. The summed E-state index contributed by atoms with van der Waals surface area (Å²) >= 11 is 0. The zero-order valence-electron chi connectivity index (χ0n) is 17.1. The fourth-order valence-corrected chi connectivity index (χ4v) is 3.25. The van der Waals surface area contributed by atoms with Crippen LogP contribution in [-0.2, 0) is 4.74 Å². The van der Waals surface area contributed by atoms with Crippen molar-refractivity contribution < 1.29 is 9.47 Å². The monoisotopic (exact) mass is 490 g/mol. The lowest BCUT2D eigenvalue weighted by Crippen LogP contribution is -2.46. The lowest BCUT2D eigenvalue weighted by Gasteiger charge is -2.35. The van der Waals surface area contributed by atoms with Crippen LogP contribution in [0.2, 0.25) is 0 Å². The van der Waals surface area contributed by atoms with Crippen LogP contribution in [0.5, 0.6) is 5.75 Å². The zero-order valence-corrected chi connectivity index (χ0v) is 19.4. The summed E-state index contributed by atoms with van der Waals surface area (Å²) in [6.45, 7) is 7.51. The van der Waals surface area contributed by atoms with E-state index in [1.165, 1.54) is 18.4 Å². The number of nitrogens with one attached hydrogen (secondary N) is 1. The summed E-state index contributed by atoms with van der Waals surface area (Å²) in [5, 5.41) is 3.56. The average Bonchev–Trinajstić information content (AvgIpc) is 2.70. The van der Waals surface area contributed by atoms with Gasteiger partial charge in [-0.05, 0) is 24.1 Å². The molecule has 6 nitrogen and oxygen atoms in total. The molecule has 154 valence electrons. The van der Waals surface area contributed by atoms with E-state index in [9.17, 15) is 0 Å². The standard InChI is InChI=1S/C20H34N4O2.HI/c1-5-6-11-23(3)20(21-2)22-16-19(24-12-14-26-15-13-24)17-7-9-18(25-4)10-8-17;/h7-10,19H,5-6,11-16H2,1-4H3,(H,21,22);1H. The normalized spacial score (nSPS) is 16.4. The average molecular weight is 490 g/mol. The third-order valence-corrected chi connectivity index (χ3v) is 4.86. The van der Waals surface area contributed by atoms with Gasteiger partial charge < -0.3 is 19.7 Å². The third kappa shape index (κ3) is 7.46. The first-order valence-electron chi connectivity index (χ1n) is 9.57. The van der Waals surface area contributed by atoms with Gasteiger partial charge in [0.2, 0.25) is 0 Å². The minimum absolute atomic E-state index is 0. The number of morpholine rings is 1. The molecule has 0 bridgehead atoms. The second kappa shape index (κ2) is 13.2. The largest absolute Gasteiger partial charge is 0.497 e. The Morgan fingerprint density at radius 2 is 1.96 bits per heavy atom. The molecule has 0 saturated carbocycles. The molecule has 1 atom stereocenters. The number of rotatable bonds is 8. The molecule has 0 spiro atoms. The number of benzene rings is 1. The SMILES string of the molecule is CCCCN(C)C(=NC)NCC(c1ccc(OC)cc1)N1CCOCC1.I. The highest BCUT2D eigenvalue weighted by Gasteiger charge is 2.23. The number of nitrogens with zero attached hydrogens (tertiary/aromatic N) is 3. The van der Waals surface area contributed by atoms with E-state index in [0.29, 0.717) is 0 Å². The first kappa shape index (κ1) is 24.0. The molecule has 1 aromatic rings. The highest BCUT2D eigenvalue weighted by atomic mass is 127. The summed E-state index contributed by atoms with van der Waals surface area (Å²) < 4.78 is 10.8.